The molecule has 21 heavy (non-hydrogen) atoms. The lowest BCUT2D eigenvalue weighted by Crippen LogP contribution is -2.23. The molecule has 2 heterocycles. The topological polar surface area (TPSA) is 66.9 Å². The Hall–Kier alpha value is -2.21. The summed E-state index contributed by atoms with van der Waals surface area (Å²) in [5.41, 5.74) is 0.540. The van der Waals surface area contributed by atoms with E-state index in [0.717, 1.165) is 23.8 Å². The van der Waals surface area contributed by atoms with E-state index >= 15 is 0 Å². The van der Waals surface area contributed by atoms with Gasteiger partial charge in [-0.15, -0.1) is 17.9 Å². The van der Waals surface area contributed by atoms with Gasteiger partial charge in [-0.3, -0.25) is 4.79 Å². The molecule has 0 aliphatic heterocycles. The van der Waals surface area contributed by atoms with Crippen molar-refractivity contribution in [3.63, 3.8) is 0 Å². The number of aromatic nitrogens is 2. The highest BCUT2D eigenvalue weighted by Gasteiger charge is 2.04. The summed E-state index contributed by atoms with van der Waals surface area (Å²) in [4.78, 5) is 21.4. The van der Waals surface area contributed by atoms with E-state index in [1.165, 1.54) is 4.88 Å². The molecule has 0 aliphatic rings. The first kappa shape index (κ1) is 15.2. The lowest BCUT2D eigenvalue weighted by molar-refractivity contribution is 0.0957. The van der Waals surface area contributed by atoms with Gasteiger partial charge in [0.05, 0.1) is 10.6 Å². The van der Waals surface area contributed by atoms with E-state index < -0.39 is 0 Å². The van der Waals surface area contributed by atoms with Crippen LogP contribution in [0.4, 0.5) is 5.82 Å². The van der Waals surface area contributed by atoms with E-state index in [4.69, 9.17) is 0 Å². The number of hydrogen-bond donors (Lipinski definition) is 2. The highest BCUT2D eigenvalue weighted by molar-refractivity contribution is 7.11. The molecule has 2 aromatic rings. The molecule has 110 valence electrons. The SMILES string of the molecule is C=CCNC(=O)c1ccc(NCCc2ncc(C)s2)nc1. The Labute approximate surface area is 128 Å². The third kappa shape index (κ3) is 4.68. The number of rotatable bonds is 7. The number of thiazole rings is 1. The van der Waals surface area contributed by atoms with E-state index in [1.54, 1.807) is 35.7 Å². The average molecular weight is 302 g/mol. The van der Waals surface area contributed by atoms with Gasteiger partial charge in [0.2, 0.25) is 0 Å². The molecule has 6 heteroatoms. The summed E-state index contributed by atoms with van der Waals surface area (Å²) in [5.74, 6) is 0.607. The number of hydrogen-bond acceptors (Lipinski definition) is 5. The van der Waals surface area contributed by atoms with Gasteiger partial charge in [-0.25, -0.2) is 9.97 Å². The Balaban J connectivity index is 1.82. The van der Waals surface area contributed by atoms with Crippen LogP contribution in [0.25, 0.3) is 0 Å². The van der Waals surface area contributed by atoms with Gasteiger partial charge in [0.1, 0.15) is 5.82 Å². The third-order valence-electron chi connectivity index (χ3n) is 2.75. The van der Waals surface area contributed by atoms with E-state index in [-0.39, 0.29) is 5.91 Å². The van der Waals surface area contributed by atoms with Crippen LogP contribution >= 0.6 is 11.3 Å². The fourth-order valence-electron chi connectivity index (χ4n) is 1.71. The number of anilines is 1. The molecule has 0 aliphatic carbocycles. The molecular weight excluding hydrogens is 284 g/mol. The minimum Gasteiger partial charge on any atom is -0.370 e. The third-order valence-corrected chi connectivity index (χ3v) is 3.72. The van der Waals surface area contributed by atoms with Gasteiger partial charge in [-0.1, -0.05) is 6.08 Å². The van der Waals surface area contributed by atoms with Gasteiger partial charge in [-0.2, -0.15) is 0 Å². The van der Waals surface area contributed by atoms with Gasteiger partial charge in [0.15, 0.2) is 0 Å². The molecule has 0 unspecified atom stereocenters. The molecule has 5 nitrogen and oxygen atoms in total. The Kier molecular flexibility index (Phi) is 5.45. The van der Waals surface area contributed by atoms with Crippen molar-refractivity contribution in [2.24, 2.45) is 0 Å². The molecule has 0 saturated heterocycles. The Morgan fingerprint density at radius 3 is 2.86 bits per heavy atom. The number of pyridine rings is 1. The molecule has 0 aromatic carbocycles. The summed E-state index contributed by atoms with van der Waals surface area (Å²) in [6.07, 6.45) is 5.95. The largest absolute Gasteiger partial charge is 0.370 e. The molecule has 0 radical (unpaired) electrons. The summed E-state index contributed by atoms with van der Waals surface area (Å²) in [5, 5.41) is 7.04. The molecule has 1 amide bonds. The van der Waals surface area contributed by atoms with Crippen molar-refractivity contribution in [3.8, 4) is 0 Å². The highest BCUT2D eigenvalue weighted by atomic mass is 32.1. The van der Waals surface area contributed by atoms with Crippen LogP contribution < -0.4 is 10.6 Å². The second kappa shape index (κ2) is 7.54. The lowest BCUT2D eigenvalue weighted by Gasteiger charge is -2.06. The monoisotopic (exact) mass is 302 g/mol. The lowest BCUT2D eigenvalue weighted by atomic mass is 10.2. The van der Waals surface area contributed by atoms with Crippen molar-refractivity contribution in [2.45, 2.75) is 13.3 Å². The maximum absolute atomic E-state index is 11.7. The molecule has 2 N–H and O–H groups in total. The Morgan fingerprint density at radius 1 is 1.38 bits per heavy atom. The number of carbonyl (C=O) groups is 1. The Bertz CT molecular complexity index is 606. The number of nitrogens with one attached hydrogen (secondary N) is 2. The quantitative estimate of drug-likeness (QED) is 0.771. The zero-order chi connectivity index (χ0) is 15.1. The van der Waals surface area contributed by atoms with E-state index in [1.807, 2.05) is 13.1 Å². The van der Waals surface area contributed by atoms with Crippen LogP contribution in [0.5, 0.6) is 0 Å². The summed E-state index contributed by atoms with van der Waals surface area (Å²) in [6, 6.07) is 3.55. The molecule has 0 spiro atoms. The molecule has 2 aromatic heterocycles. The zero-order valence-corrected chi connectivity index (χ0v) is 12.7. The molecule has 0 saturated carbocycles. The minimum absolute atomic E-state index is 0.146. The molecule has 0 fully saturated rings. The van der Waals surface area contributed by atoms with Crippen LogP contribution in [0, 0.1) is 6.92 Å². The number of aryl methyl sites for hydroxylation is 1. The van der Waals surface area contributed by atoms with Crippen molar-refractivity contribution in [3.05, 3.63) is 52.6 Å². The average Bonchev–Trinajstić information content (AvgIpc) is 2.91. The van der Waals surface area contributed by atoms with Crippen molar-refractivity contribution >= 4 is 23.1 Å². The molecule has 0 atom stereocenters. The zero-order valence-electron chi connectivity index (χ0n) is 11.9. The normalized spacial score (nSPS) is 10.1. The predicted molar refractivity (Wildman–Crippen MR) is 85.8 cm³/mol. The van der Waals surface area contributed by atoms with Crippen LogP contribution in [0.2, 0.25) is 0 Å². The van der Waals surface area contributed by atoms with E-state index in [9.17, 15) is 4.79 Å². The van der Waals surface area contributed by atoms with E-state index in [0.29, 0.717) is 12.1 Å². The number of carbonyl (C=O) groups excluding carboxylic acids is 1. The van der Waals surface area contributed by atoms with Crippen LogP contribution in [-0.4, -0.2) is 29.0 Å². The molecule has 0 bridgehead atoms. The van der Waals surface area contributed by atoms with Gasteiger partial charge in [0.25, 0.3) is 5.91 Å². The summed E-state index contributed by atoms with van der Waals surface area (Å²) in [7, 11) is 0. The summed E-state index contributed by atoms with van der Waals surface area (Å²) < 4.78 is 0. The van der Waals surface area contributed by atoms with Crippen LogP contribution in [0.3, 0.4) is 0 Å². The van der Waals surface area contributed by atoms with Crippen LogP contribution in [-0.2, 0) is 6.42 Å². The molecular formula is C15H18N4OS. The van der Waals surface area contributed by atoms with Crippen LogP contribution in [0.15, 0.2) is 37.2 Å². The fourth-order valence-corrected chi connectivity index (χ4v) is 2.50. The van der Waals surface area contributed by atoms with Gasteiger partial charge in [0, 0.05) is 36.8 Å². The van der Waals surface area contributed by atoms with Gasteiger partial charge < -0.3 is 10.6 Å². The van der Waals surface area contributed by atoms with Crippen LogP contribution in [0.1, 0.15) is 20.2 Å². The standard InChI is InChI=1S/C15H18N4OS/c1-3-7-17-15(20)12-4-5-13(18-10-12)16-8-6-14-19-9-11(2)21-14/h3-5,9-10H,1,6-8H2,2H3,(H,16,18)(H,17,20). The van der Waals surface area contributed by atoms with Crippen molar-refractivity contribution in [1.29, 1.82) is 0 Å². The highest BCUT2D eigenvalue weighted by Crippen LogP contribution is 2.12. The summed E-state index contributed by atoms with van der Waals surface area (Å²) in [6.45, 7) is 6.82. The Morgan fingerprint density at radius 2 is 2.24 bits per heavy atom. The van der Waals surface area contributed by atoms with Crippen molar-refractivity contribution < 1.29 is 4.79 Å². The smallest absolute Gasteiger partial charge is 0.253 e. The predicted octanol–water partition coefficient (Wildman–Crippen LogP) is 2.42. The first-order chi connectivity index (χ1) is 10.2. The maximum atomic E-state index is 11.7. The minimum atomic E-state index is -0.146. The second-order valence-corrected chi connectivity index (χ2v) is 5.79. The number of amides is 1. The van der Waals surface area contributed by atoms with Gasteiger partial charge in [-0.05, 0) is 19.1 Å². The number of nitrogens with zero attached hydrogens (tertiary/aromatic N) is 2. The van der Waals surface area contributed by atoms with E-state index in [2.05, 4.69) is 27.2 Å². The molecule has 2 rings (SSSR count). The first-order valence-electron chi connectivity index (χ1n) is 6.69. The fraction of sp³-hybridized carbons (Fsp3) is 0.267. The van der Waals surface area contributed by atoms with Gasteiger partial charge >= 0.3 is 0 Å². The van der Waals surface area contributed by atoms with Crippen molar-refractivity contribution in [1.82, 2.24) is 15.3 Å². The summed E-state index contributed by atoms with van der Waals surface area (Å²) >= 11 is 1.70. The first-order valence-corrected chi connectivity index (χ1v) is 7.51. The second-order valence-electron chi connectivity index (χ2n) is 4.47. The van der Waals surface area contributed by atoms with Crippen molar-refractivity contribution in [2.75, 3.05) is 18.4 Å². The maximum Gasteiger partial charge on any atom is 0.253 e.